The Kier molecular flexibility index (Phi) is 8.06. The van der Waals surface area contributed by atoms with Gasteiger partial charge in [-0.2, -0.15) is 5.10 Å². The number of nitrogens with two attached hydrogens (primary N) is 1. The summed E-state index contributed by atoms with van der Waals surface area (Å²) in [5.41, 5.74) is 7.88. The van der Waals surface area contributed by atoms with Crippen LogP contribution < -0.4 is 10.6 Å². The van der Waals surface area contributed by atoms with Gasteiger partial charge < -0.3 is 25.7 Å². The van der Waals surface area contributed by atoms with Gasteiger partial charge in [-0.15, -0.1) is 0 Å². The molecule has 12 heteroatoms. The molecule has 10 nitrogen and oxygen atoms in total. The fraction of sp³-hybridized carbons (Fsp3) is 0.538. The molecular weight excluding hydrogens is 529 g/mol. The van der Waals surface area contributed by atoms with Crippen LogP contribution in [0.2, 0.25) is 10.0 Å². The van der Waals surface area contributed by atoms with E-state index in [-0.39, 0.29) is 18.2 Å². The van der Waals surface area contributed by atoms with E-state index in [1.807, 2.05) is 13.0 Å². The maximum atomic E-state index is 10.8. The third-order valence-electron chi connectivity index (χ3n) is 7.78. The van der Waals surface area contributed by atoms with Crippen LogP contribution in [0, 0.1) is 11.8 Å². The van der Waals surface area contributed by atoms with Crippen LogP contribution in [0.1, 0.15) is 56.1 Å². The van der Waals surface area contributed by atoms with E-state index in [0.717, 1.165) is 50.5 Å². The predicted octanol–water partition coefficient (Wildman–Crippen LogP) is 3.71. The summed E-state index contributed by atoms with van der Waals surface area (Å²) in [7, 11) is 0. The first-order chi connectivity index (χ1) is 18.2. The zero-order valence-electron chi connectivity index (χ0n) is 21.3. The van der Waals surface area contributed by atoms with Gasteiger partial charge in [-0.3, -0.25) is 4.79 Å². The van der Waals surface area contributed by atoms with Crippen LogP contribution in [-0.4, -0.2) is 73.6 Å². The molecule has 2 aliphatic heterocycles. The van der Waals surface area contributed by atoms with Crippen molar-refractivity contribution in [2.75, 3.05) is 37.6 Å². The van der Waals surface area contributed by atoms with Crippen molar-refractivity contribution in [3.8, 4) is 0 Å². The number of benzene rings is 1. The van der Waals surface area contributed by atoms with Gasteiger partial charge in [0, 0.05) is 36.1 Å². The second-order valence-corrected chi connectivity index (χ2v) is 11.2. The predicted molar refractivity (Wildman–Crippen MR) is 146 cm³/mol. The second-order valence-electron chi connectivity index (χ2n) is 10.4. The molecule has 0 bridgehead atoms. The molecule has 0 saturated carbocycles. The number of piperidine rings is 1. The van der Waals surface area contributed by atoms with Crippen LogP contribution in [0.5, 0.6) is 0 Å². The van der Waals surface area contributed by atoms with Gasteiger partial charge in [0.1, 0.15) is 23.3 Å². The molecule has 1 aromatic carbocycles. The molecule has 0 aliphatic carbocycles. The van der Waals surface area contributed by atoms with Gasteiger partial charge >= 0.3 is 5.97 Å². The highest BCUT2D eigenvalue weighted by Crippen LogP contribution is 2.35. The molecule has 204 valence electrons. The van der Waals surface area contributed by atoms with Gasteiger partial charge in [0.15, 0.2) is 5.65 Å². The highest BCUT2D eigenvalue weighted by Gasteiger charge is 2.37. The molecule has 0 spiro atoms. The molecule has 0 amide bonds. The minimum absolute atomic E-state index is 0.224. The Bertz CT molecular complexity index is 1310. The Balaban J connectivity index is 1.32. The van der Waals surface area contributed by atoms with Crippen molar-refractivity contribution in [3.63, 3.8) is 0 Å². The number of rotatable bonds is 9. The Morgan fingerprint density at radius 2 is 2.03 bits per heavy atom. The summed E-state index contributed by atoms with van der Waals surface area (Å²) in [4.78, 5) is 25.0. The number of aliphatic hydroxyl groups excluding tert-OH is 1. The molecule has 4 heterocycles. The van der Waals surface area contributed by atoms with Gasteiger partial charge in [0.2, 0.25) is 0 Å². The lowest BCUT2D eigenvalue weighted by Crippen LogP contribution is -2.54. The summed E-state index contributed by atoms with van der Waals surface area (Å²) >= 11 is 12.6. The molecule has 5 rings (SSSR count). The SMILES string of the molecule is C[C@H](c1ccc(Cl)cc1Cl)n1nc(C(N)O)c2ncc(N3CC([C@@H]4CCCN(CCCC(=O)O)C4)C3)nc21. The van der Waals surface area contributed by atoms with Crippen molar-refractivity contribution in [2.24, 2.45) is 17.6 Å². The molecule has 3 aromatic rings. The van der Waals surface area contributed by atoms with E-state index < -0.39 is 12.2 Å². The number of carboxylic acids is 1. The number of aliphatic hydroxyl groups is 1. The first kappa shape index (κ1) is 27.1. The number of carbonyl (C=O) groups is 1. The molecule has 1 unspecified atom stereocenters. The smallest absolute Gasteiger partial charge is 0.303 e. The van der Waals surface area contributed by atoms with E-state index in [1.54, 1.807) is 23.0 Å². The summed E-state index contributed by atoms with van der Waals surface area (Å²) in [6, 6.07) is 5.03. The summed E-state index contributed by atoms with van der Waals surface area (Å²) < 4.78 is 1.71. The molecule has 2 saturated heterocycles. The maximum absolute atomic E-state index is 10.8. The van der Waals surface area contributed by atoms with Crippen molar-refractivity contribution in [1.29, 1.82) is 0 Å². The number of nitrogens with zero attached hydrogens (tertiary/aromatic N) is 6. The molecule has 2 aromatic heterocycles. The van der Waals surface area contributed by atoms with Crippen molar-refractivity contribution >= 4 is 46.2 Å². The number of hydrogen-bond acceptors (Lipinski definition) is 8. The Hall–Kier alpha value is -2.50. The van der Waals surface area contributed by atoms with E-state index in [4.69, 9.17) is 39.0 Å². The van der Waals surface area contributed by atoms with Crippen LogP contribution in [0.4, 0.5) is 5.82 Å². The summed E-state index contributed by atoms with van der Waals surface area (Å²) in [5, 5.41) is 24.7. The van der Waals surface area contributed by atoms with E-state index >= 15 is 0 Å². The first-order valence-corrected chi connectivity index (χ1v) is 13.8. The number of carboxylic acid groups (broad SMARTS) is 1. The number of hydrogen-bond donors (Lipinski definition) is 3. The van der Waals surface area contributed by atoms with Crippen molar-refractivity contribution < 1.29 is 15.0 Å². The van der Waals surface area contributed by atoms with Gasteiger partial charge in [-0.25, -0.2) is 14.6 Å². The van der Waals surface area contributed by atoms with Crippen LogP contribution >= 0.6 is 23.2 Å². The molecular formula is C26H33Cl2N7O3. The second kappa shape index (κ2) is 11.3. The number of aromatic nitrogens is 4. The molecule has 2 fully saturated rings. The molecule has 38 heavy (non-hydrogen) atoms. The molecule has 3 atom stereocenters. The van der Waals surface area contributed by atoms with Gasteiger partial charge in [-0.1, -0.05) is 29.3 Å². The van der Waals surface area contributed by atoms with Gasteiger partial charge in [0.25, 0.3) is 0 Å². The Morgan fingerprint density at radius 3 is 2.74 bits per heavy atom. The lowest BCUT2D eigenvalue weighted by atomic mass is 9.80. The highest BCUT2D eigenvalue weighted by molar-refractivity contribution is 6.35. The monoisotopic (exact) mass is 561 g/mol. The van der Waals surface area contributed by atoms with E-state index in [1.165, 1.54) is 6.42 Å². The van der Waals surface area contributed by atoms with Gasteiger partial charge in [0.05, 0.1) is 12.2 Å². The van der Waals surface area contributed by atoms with E-state index in [0.29, 0.717) is 39.5 Å². The topological polar surface area (TPSA) is 134 Å². The third kappa shape index (κ3) is 5.60. The largest absolute Gasteiger partial charge is 0.481 e. The lowest BCUT2D eigenvalue weighted by molar-refractivity contribution is -0.137. The number of halogens is 2. The zero-order valence-corrected chi connectivity index (χ0v) is 22.8. The lowest BCUT2D eigenvalue weighted by Gasteiger charge is -2.47. The van der Waals surface area contributed by atoms with Crippen LogP contribution in [0.15, 0.2) is 24.4 Å². The Labute approximate surface area is 231 Å². The van der Waals surface area contributed by atoms with Crippen LogP contribution in [0.25, 0.3) is 11.2 Å². The molecule has 2 aliphatic rings. The summed E-state index contributed by atoms with van der Waals surface area (Å²) in [6.45, 7) is 6.65. The minimum Gasteiger partial charge on any atom is -0.481 e. The zero-order chi connectivity index (χ0) is 27.0. The van der Waals surface area contributed by atoms with Gasteiger partial charge in [-0.05, 0) is 68.8 Å². The van der Waals surface area contributed by atoms with Crippen LogP contribution in [0.3, 0.4) is 0 Å². The fourth-order valence-corrected chi connectivity index (χ4v) is 6.21. The van der Waals surface area contributed by atoms with E-state index in [9.17, 15) is 9.90 Å². The molecule has 4 N–H and O–H groups in total. The summed E-state index contributed by atoms with van der Waals surface area (Å²) in [5.74, 6) is 1.19. The standard InChI is InChI=1S/C26H33Cl2N7O3/c1-15(19-7-6-18(27)10-20(19)28)35-26-24(23(32-35)25(29)38)30-11-21(31-26)34-13-17(14-34)16-4-2-8-33(12-16)9-3-5-22(36)37/h6-7,10-11,15-17,25,38H,2-5,8-9,12-14,29H2,1H3,(H,36,37)/t15-,16-,25?/m1/s1. The Morgan fingerprint density at radius 1 is 1.24 bits per heavy atom. The molecule has 0 radical (unpaired) electrons. The third-order valence-corrected chi connectivity index (χ3v) is 8.35. The van der Waals surface area contributed by atoms with Crippen molar-refractivity contribution in [1.82, 2.24) is 24.6 Å². The average Bonchev–Trinajstić information content (AvgIpc) is 3.22. The van der Waals surface area contributed by atoms with Crippen molar-refractivity contribution in [2.45, 2.75) is 44.9 Å². The summed E-state index contributed by atoms with van der Waals surface area (Å²) in [6.07, 6.45) is 3.69. The van der Waals surface area contributed by atoms with Crippen LogP contribution in [-0.2, 0) is 4.79 Å². The maximum Gasteiger partial charge on any atom is 0.303 e. The average molecular weight is 563 g/mol. The quantitative estimate of drug-likeness (QED) is 0.334. The number of aliphatic carboxylic acids is 1. The number of fused-ring (bicyclic) bond motifs is 1. The number of anilines is 1. The fourth-order valence-electron chi connectivity index (χ4n) is 5.65. The highest BCUT2D eigenvalue weighted by atomic mass is 35.5. The minimum atomic E-state index is -1.29. The van der Waals surface area contributed by atoms with Crippen molar-refractivity contribution in [3.05, 3.63) is 45.7 Å². The normalized spacial score (nSPS) is 20.4. The number of likely N-dealkylation sites (tertiary alicyclic amines) is 1. The van der Waals surface area contributed by atoms with E-state index in [2.05, 4.69) is 19.9 Å². The first-order valence-electron chi connectivity index (χ1n) is 13.0.